The third kappa shape index (κ3) is 3.58. The van der Waals surface area contributed by atoms with Crippen LogP contribution in [-0.4, -0.2) is 46.0 Å². The SMILES string of the molecule is O=C(O)C=Cc1ccc(NC2=CC(=O)N(CCO)C2=O)cc1. The van der Waals surface area contributed by atoms with Crippen LogP contribution >= 0.6 is 0 Å². The fourth-order valence-electron chi connectivity index (χ4n) is 1.91. The Bertz CT molecular complexity index is 661. The number of carboxylic acid groups (broad SMARTS) is 1. The second-order valence-corrected chi connectivity index (χ2v) is 4.50. The van der Waals surface area contributed by atoms with E-state index in [1.807, 2.05) is 0 Å². The van der Waals surface area contributed by atoms with Gasteiger partial charge < -0.3 is 15.5 Å². The Morgan fingerprint density at radius 2 is 1.91 bits per heavy atom. The molecule has 0 saturated heterocycles. The summed E-state index contributed by atoms with van der Waals surface area (Å²) in [6.07, 6.45) is 3.64. The van der Waals surface area contributed by atoms with E-state index < -0.39 is 17.8 Å². The Labute approximate surface area is 126 Å². The average Bonchev–Trinajstić information content (AvgIpc) is 2.74. The molecule has 0 unspecified atom stereocenters. The van der Waals surface area contributed by atoms with Crippen molar-refractivity contribution < 1.29 is 24.6 Å². The monoisotopic (exact) mass is 302 g/mol. The first-order chi connectivity index (χ1) is 10.5. The summed E-state index contributed by atoms with van der Waals surface area (Å²) in [5.74, 6) is -2.00. The van der Waals surface area contributed by atoms with Crippen LogP contribution < -0.4 is 5.32 Å². The van der Waals surface area contributed by atoms with Crippen molar-refractivity contribution in [2.24, 2.45) is 0 Å². The van der Waals surface area contributed by atoms with Gasteiger partial charge in [-0.15, -0.1) is 0 Å². The van der Waals surface area contributed by atoms with Crippen LogP contribution in [0.15, 0.2) is 42.1 Å². The lowest BCUT2D eigenvalue weighted by Crippen LogP contribution is -2.34. The molecule has 0 fully saturated rings. The van der Waals surface area contributed by atoms with Gasteiger partial charge in [-0.3, -0.25) is 14.5 Å². The van der Waals surface area contributed by atoms with Gasteiger partial charge in [-0.25, -0.2) is 4.79 Å². The molecule has 1 aromatic carbocycles. The molecule has 0 radical (unpaired) electrons. The van der Waals surface area contributed by atoms with Crippen LogP contribution in [0.2, 0.25) is 0 Å². The molecule has 114 valence electrons. The minimum atomic E-state index is -1.04. The lowest BCUT2D eigenvalue weighted by molar-refractivity contribution is -0.137. The average molecular weight is 302 g/mol. The molecule has 0 saturated carbocycles. The summed E-state index contributed by atoms with van der Waals surface area (Å²) in [5.41, 5.74) is 1.41. The van der Waals surface area contributed by atoms with Crippen molar-refractivity contribution in [2.75, 3.05) is 18.5 Å². The zero-order valence-electron chi connectivity index (χ0n) is 11.5. The number of aliphatic hydroxyl groups excluding tert-OH is 1. The van der Waals surface area contributed by atoms with E-state index in [-0.39, 0.29) is 18.8 Å². The molecule has 0 bridgehead atoms. The zero-order valence-corrected chi connectivity index (χ0v) is 11.5. The van der Waals surface area contributed by atoms with Gasteiger partial charge in [0.25, 0.3) is 11.8 Å². The standard InChI is InChI=1S/C15H14N2O5/c18-8-7-17-13(19)9-12(15(17)22)16-11-4-1-10(2-5-11)3-6-14(20)21/h1-6,9,16,18H,7-8H2,(H,20,21). The summed E-state index contributed by atoms with van der Waals surface area (Å²) in [6.45, 7) is -0.332. The zero-order chi connectivity index (χ0) is 16.1. The number of benzene rings is 1. The maximum Gasteiger partial charge on any atom is 0.328 e. The first-order valence-corrected chi connectivity index (χ1v) is 6.48. The smallest absolute Gasteiger partial charge is 0.328 e. The fourth-order valence-corrected chi connectivity index (χ4v) is 1.91. The number of nitrogens with one attached hydrogen (secondary N) is 1. The molecule has 0 aliphatic carbocycles. The Morgan fingerprint density at radius 1 is 1.23 bits per heavy atom. The van der Waals surface area contributed by atoms with Gasteiger partial charge in [0.2, 0.25) is 0 Å². The Hall–Kier alpha value is -2.93. The number of carbonyl (C=O) groups excluding carboxylic acids is 2. The number of carboxylic acids is 1. The van der Waals surface area contributed by atoms with Gasteiger partial charge in [0.05, 0.1) is 13.2 Å². The van der Waals surface area contributed by atoms with E-state index in [0.29, 0.717) is 11.3 Å². The number of hydrogen-bond donors (Lipinski definition) is 3. The van der Waals surface area contributed by atoms with E-state index in [1.165, 1.54) is 12.2 Å². The van der Waals surface area contributed by atoms with Crippen molar-refractivity contribution in [1.29, 1.82) is 0 Å². The van der Waals surface area contributed by atoms with Gasteiger partial charge in [-0.2, -0.15) is 0 Å². The summed E-state index contributed by atoms with van der Waals surface area (Å²) >= 11 is 0. The molecular formula is C15H14N2O5. The van der Waals surface area contributed by atoms with Crippen LogP contribution in [0.4, 0.5) is 5.69 Å². The molecule has 1 aliphatic rings. The number of aliphatic hydroxyl groups is 1. The molecule has 1 aliphatic heterocycles. The molecule has 2 amide bonds. The first kappa shape index (κ1) is 15.5. The Balaban J connectivity index is 2.05. The summed E-state index contributed by atoms with van der Waals surface area (Å²) in [6, 6.07) is 6.67. The molecule has 7 heteroatoms. The van der Waals surface area contributed by atoms with Crippen molar-refractivity contribution in [3.63, 3.8) is 0 Å². The number of β-amino-alcohol motifs (C(OH)–C–C–N with tert-alkyl or cyclic N) is 1. The number of nitrogens with zero attached hydrogens (tertiary/aromatic N) is 1. The third-order valence-electron chi connectivity index (χ3n) is 2.94. The number of imide groups is 1. The van der Waals surface area contributed by atoms with Crippen LogP contribution in [0, 0.1) is 0 Å². The minimum absolute atomic E-state index is 0.0434. The number of aliphatic carboxylic acids is 1. The highest BCUT2D eigenvalue weighted by Gasteiger charge is 2.30. The van der Waals surface area contributed by atoms with Gasteiger partial charge in [0.15, 0.2) is 0 Å². The molecule has 1 heterocycles. The van der Waals surface area contributed by atoms with Crippen LogP contribution in [0.3, 0.4) is 0 Å². The van der Waals surface area contributed by atoms with Crippen molar-refractivity contribution in [2.45, 2.75) is 0 Å². The van der Waals surface area contributed by atoms with E-state index in [0.717, 1.165) is 11.0 Å². The molecular weight excluding hydrogens is 288 g/mol. The van der Waals surface area contributed by atoms with Crippen LogP contribution in [-0.2, 0) is 14.4 Å². The van der Waals surface area contributed by atoms with E-state index in [1.54, 1.807) is 24.3 Å². The number of amides is 2. The largest absolute Gasteiger partial charge is 0.478 e. The lowest BCUT2D eigenvalue weighted by Gasteiger charge is -2.13. The fraction of sp³-hybridized carbons (Fsp3) is 0.133. The second kappa shape index (κ2) is 6.68. The highest BCUT2D eigenvalue weighted by molar-refractivity contribution is 6.17. The van der Waals surface area contributed by atoms with Gasteiger partial charge in [0, 0.05) is 17.8 Å². The van der Waals surface area contributed by atoms with E-state index in [2.05, 4.69) is 5.32 Å². The minimum Gasteiger partial charge on any atom is -0.478 e. The highest BCUT2D eigenvalue weighted by Crippen LogP contribution is 2.17. The number of carbonyl (C=O) groups is 3. The molecule has 0 aromatic heterocycles. The van der Waals surface area contributed by atoms with Crippen LogP contribution in [0.25, 0.3) is 6.08 Å². The normalized spacial score (nSPS) is 14.6. The number of rotatable bonds is 6. The molecule has 22 heavy (non-hydrogen) atoms. The van der Waals surface area contributed by atoms with E-state index in [9.17, 15) is 14.4 Å². The first-order valence-electron chi connectivity index (χ1n) is 6.48. The quantitative estimate of drug-likeness (QED) is 0.520. The summed E-state index contributed by atoms with van der Waals surface area (Å²) in [7, 11) is 0. The Morgan fingerprint density at radius 3 is 2.50 bits per heavy atom. The molecule has 1 aromatic rings. The molecule has 2 rings (SSSR count). The van der Waals surface area contributed by atoms with Gasteiger partial charge in [-0.1, -0.05) is 12.1 Å². The van der Waals surface area contributed by atoms with E-state index >= 15 is 0 Å². The van der Waals surface area contributed by atoms with Crippen molar-refractivity contribution >= 4 is 29.5 Å². The molecule has 7 nitrogen and oxygen atoms in total. The van der Waals surface area contributed by atoms with Crippen LogP contribution in [0.1, 0.15) is 5.56 Å². The van der Waals surface area contributed by atoms with Crippen molar-refractivity contribution in [3.05, 3.63) is 47.7 Å². The van der Waals surface area contributed by atoms with Crippen LogP contribution in [0.5, 0.6) is 0 Å². The summed E-state index contributed by atoms with van der Waals surface area (Å²) in [5, 5.41) is 20.2. The number of anilines is 1. The predicted octanol–water partition coefficient (Wildman–Crippen LogP) is 0.441. The maximum atomic E-state index is 11.9. The van der Waals surface area contributed by atoms with Gasteiger partial charge in [0.1, 0.15) is 5.70 Å². The molecule has 0 spiro atoms. The number of hydrogen-bond acceptors (Lipinski definition) is 5. The topological polar surface area (TPSA) is 107 Å². The van der Waals surface area contributed by atoms with Gasteiger partial charge in [-0.05, 0) is 23.8 Å². The van der Waals surface area contributed by atoms with Gasteiger partial charge >= 0.3 is 5.97 Å². The predicted molar refractivity (Wildman–Crippen MR) is 78.6 cm³/mol. The summed E-state index contributed by atoms with van der Waals surface area (Å²) in [4.78, 5) is 34.9. The second-order valence-electron chi connectivity index (χ2n) is 4.50. The highest BCUT2D eigenvalue weighted by atomic mass is 16.4. The lowest BCUT2D eigenvalue weighted by atomic mass is 10.2. The van der Waals surface area contributed by atoms with Crippen molar-refractivity contribution in [3.8, 4) is 0 Å². The molecule has 0 atom stereocenters. The Kier molecular flexibility index (Phi) is 4.70. The van der Waals surface area contributed by atoms with E-state index in [4.69, 9.17) is 10.2 Å². The summed E-state index contributed by atoms with van der Waals surface area (Å²) < 4.78 is 0. The maximum absolute atomic E-state index is 11.9. The third-order valence-corrected chi connectivity index (χ3v) is 2.94. The van der Waals surface area contributed by atoms with Crippen molar-refractivity contribution in [1.82, 2.24) is 4.90 Å². The molecule has 3 N–H and O–H groups in total.